The molecule has 3 nitrogen and oxygen atoms in total. The van der Waals surface area contributed by atoms with E-state index in [9.17, 15) is 4.79 Å². The van der Waals surface area contributed by atoms with Crippen molar-refractivity contribution in [3.05, 3.63) is 23.0 Å². The number of aryl methyl sites for hydroxylation is 1. The molecule has 2 rings (SSSR count). The maximum atomic E-state index is 11.8. The highest BCUT2D eigenvalue weighted by atomic mass is 35.5. The van der Waals surface area contributed by atoms with E-state index >= 15 is 0 Å². The second kappa shape index (κ2) is 6.10. The van der Waals surface area contributed by atoms with E-state index in [1.54, 1.807) is 0 Å². The molecule has 1 aromatic rings. The molecular formula is C15H23ClN2O. The van der Waals surface area contributed by atoms with Crippen molar-refractivity contribution in [3.8, 4) is 0 Å². The summed E-state index contributed by atoms with van der Waals surface area (Å²) in [5, 5.41) is 0. The molecule has 1 aliphatic rings. The second-order valence-corrected chi connectivity index (χ2v) is 5.62. The molecule has 0 aromatic carbocycles. The highest BCUT2D eigenvalue weighted by molar-refractivity contribution is 6.30. The summed E-state index contributed by atoms with van der Waals surface area (Å²) in [5.74, 6) is 0.0866. The van der Waals surface area contributed by atoms with E-state index in [2.05, 4.69) is 23.3 Å². The summed E-state index contributed by atoms with van der Waals surface area (Å²) in [5.41, 5.74) is 2.98. The minimum atomic E-state index is 0.0237. The van der Waals surface area contributed by atoms with E-state index in [0.29, 0.717) is 0 Å². The largest absolute Gasteiger partial charge is 0.347 e. The van der Waals surface area contributed by atoms with E-state index in [1.807, 2.05) is 13.0 Å². The highest BCUT2D eigenvalue weighted by Crippen LogP contribution is 2.26. The van der Waals surface area contributed by atoms with Crippen molar-refractivity contribution in [1.82, 2.24) is 9.47 Å². The Hall–Kier alpha value is -0.800. The molecule has 1 aromatic heterocycles. The van der Waals surface area contributed by atoms with E-state index < -0.39 is 0 Å². The standard InChI is InChI=1S/C15H23ClN2O/c1-4-17(13-5-6-13)7-8-18-11(2)9-14(12(18)3)15(19)10-16/h9,13H,4-8,10H2,1-3H3. The van der Waals surface area contributed by atoms with Crippen LogP contribution in [0.15, 0.2) is 6.07 Å². The zero-order chi connectivity index (χ0) is 14.0. The van der Waals surface area contributed by atoms with Crippen LogP contribution in [-0.4, -0.2) is 40.3 Å². The quantitative estimate of drug-likeness (QED) is 0.567. The third-order valence-electron chi connectivity index (χ3n) is 4.08. The summed E-state index contributed by atoms with van der Waals surface area (Å²) in [6.45, 7) is 9.42. The van der Waals surface area contributed by atoms with Crippen LogP contribution in [0.2, 0.25) is 0 Å². The van der Waals surface area contributed by atoms with Gasteiger partial charge in [0.25, 0.3) is 0 Å². The number of halogens is 1. The molecule has 0 saturated heterocycles. The number of nitrogens with zero attached hydrogens (tertiary/aromatic N) is 2. The van der Waals surface area contributed by atoms with Crippen LogP contribution >= 0.6 is 11.6 Å². The molecule has 0 atom stereocenters. The first-order valence-electron chi connectivity index (χ1n) is 7.08. The van der Waals surface area contributed by atoms with E-state index in [-0.39, 0.29) is 11.7 Å². The lowest BCUT2D eigenvalue weighted by atomic mass is 10.2. The smallest absolute Gasteiger partial charge is 0.179 e. The number of likely N-dealkylation sites (N-methyl/N-ethyl adjacent to an activating group) is 1. The monoisotopic (exact) mass is 282 g/mol. The highest BCUT2D eigenvalue weighted by Gasteiger charge is 2.27. The maximum Gasteiger partial charge on any atom is 0.179 e. The van der Waals surface area contributed by atoms with Crippen LogP contribution in [0.5, 0.6) is 0 Å². The van der Waals surface area contributed by atoms with Gasteiger partial charge in [0, 0.05) is 36.1 Å². The summed E-state index contributed by atoms with van der Waals surface area (Å²) in [4.78, 5) is 14.3. The first-order chi connectivity index (χ1) is 9.08. The molecule has 1 heterocycles. The van der Waals surface area contributed by atoms with Crippen molar-refractivity contribution in [3.63, 3.8) is 0 Å². The fourth-order valence-corrected chi connectivity index (χ4v) is 2.91. The Morgan fingerprint density at radius 3 is 2.68 bits per heavy atom. The van der Waals surface area contributed by atoms with Gasteiger partial charge in [-0.15, -0.1) is 11.6 Å². The first-order valence-corrected chi connectivity index (χ1v) is 7.61. The Morgan fingerprint density at radius 1 is 1.47 bits per heavy atom. The normalized spacial score (nSPS) is 15.2. The molecule has 106 valence electrons. The van der Waals surface area contributed by atoms with E-state index in [0.717, 1.165) is 42.6 Å². The fraction of sp³-hybridized carbons (Fsp3) is 0.667. The summed E-state index contributed by atoms with van der Waals surface area (Å²) < 4.78 is 2.24. The summed E-state index contributed by atoms with van der Waals surface area (Å²) >= 11 is 5.65. The van der Waals surface area contributed by atoms with Gasteiger partial charge in [-0.05, 0) is 39.3 Å². The van der Waals surface area contributed by atoms with Crippen molar-refractivity contribution in [2.24, 2.45) is 0 Å². The molecule has 0 aliphatic heterocycles. The van der Waals surface area contributed by atoms with Crippen LogP contribution in [0.4, 0.5) is 0 Å². The zero-order valence-electron chi connectivity index (χ0n) is 12.1. The van der Waals surface area contributed by atoms with Gasteiger partial charge in [0.1, 0.15) is 0 Å². The van der Waals surface area contributed by atoms with Crippen LogP contribution in [0.25, 0.3) is 0 Å². The lowest BCUT2D eigenvalue weighted by Crippen LogP contribution is -2.29. The van der Waals surface area contributed by atoms with Gasteiger partial charge >= 0.3 is 0 Å². The van der Waals surface area contributed by atoms with Crippen molar-refractivity contribution >= 4 is 17.4 Å². The minimum absolute atomic E-state index is 0.0237. The summed E-state index contributed by atoms with van der Waals surface area (Å²) in [6.07, 6.45) is 2.68. The Kier molecular flexibility index (Phi) is 4.69. The Balaban J connectivity index is 2.07. The lowest BCUT2D eigenvalue weighted by Gasteiger charge is -2.21. The molecule has 1 aliphatic carbocycles. The number of hydrogen-bond donors (Lipinski definition) is 0. The van der Waals surface area contributed by atoms with Crippen molar-refractivity contribution in [1.29, 1.82) is 0 Å². The molecule has 1 fully saturated rings. The van der Waals surface area contributed by atoms with Gasteiger partial charge in [0.15, 0.2) is 5.78 Å². The number of aromatic nitrogens is 1. The molecule has 1 saturated carbocycles. The molecule has 0 amide bonds. The van der Waals surface area contributed by atoms with Crippen LogP contribution < -0.4 is 0 Å². The topological polar surface area (TPSA) is 25.2 Å². The Bertz CT molecular complexity index is 463. The zero-order valence-corrected chi connectivity index (χ0v) is 12.8. The second-order valence-electron chi connectivity index (χ2n) is 5.35. The molecule has 0 N–H and O–H groups in total. The predicted molar refractivity (Wildman–Crippen MR) is 79.2 cm³/mol. The molecule has 4 heteroatoms. The number of rotatable bonds is 7. The van der Waals surface area contributed by atoms with Gasteiger partial charge in [-0.3, -0.25) is 9.69 Å². The number of carbonyl (C=O) groups excluding carboxylic acids is 1. The summed E-state index contributed by atoms with van der Waals surface area (Å²) in [6, 6.07) is 2.76. The van der Waals surface area contributed by atoms with Crippen LogP contribution in [-0.2, 0) is 6.54 Å². The molecular weight excluding hydrogens is 260 g/mol. The average Bonchev–Trinajstić information content (AvgIpc) is 3.19. The molecule has 0 unspecified atom stereocenters. The number of hydrogen-bond acceptors (Lipinski definition) is 2. The van der Waals surface area contributed by atoms with Gasteiger partial charge in [-0.2, -0.15) is 0 Å². The average molecular weight is 283 g/mol. The number of alkyl halides is 1. The van der Waals surface area contributed by atoms with Crippen molar-refractivity contribution in [2.75, 3.05) is 19.0 Å². The van der Waals surface area contributed by atoms with Gasteiger partial charge in [-0.1, -0.05) is 6.92 Å². The summed E-state index contributed by atoms with van der Waals surface area (Å²) in [7, 11) is 0. The molecule has 19 heavy (non-hydrogen) atoms. The predicted octanol–water partition coefficient (Wildman–Crippen LogP) is 3.01. The van der Waals surface area contributed by atoms with E-state index in [1.165, 1.54) is 12.8 Å². The third-order valence-corrected chi connectivity index (χ3v) is 4.32. The fourth-order valence-electron chi connectivity index (χ4n) is 2.77. The van der Waals surface area contributed by atoms with Gasteiger partial charge in [0.05, 0.1) is 5.88 Å². The number of carbonyl (C=O) groups is 1. The molecule has 0 radical (unpaired) electrons. The number of Topliss-reactive ketones (excluding diaryl/α,β-unsaturated/α-hetero) is 1. The third kappa shape index (κ3) is 3.21. The van der Waals surface area contributed by atoms with Crippen LogP contribution in [0.1, 0.15) is 41.5 Å². The maximum absolute atomic E-state index is 11.8. The van der Waals surface area contributed by atoms with Crippen LogP contribution in [0, 0.1) is 13.8 Å². The van der Waals surface area contributed by atoms with E-state index in [4.69, 9.17) is 11.6 Å². The minimum Gasteiger partial charge on any atom is -0.347 e. The van der Waals surface area contributed by atoms with Gasteiger partial charge < -0.3 is 4.57 Å². The Morgan fingerprint density at radius 2 is 2.16 bits per heavy atom. The molecule has 0 bridgehead atoms. The Labute approximate surface area is 120 Å². The number of ketones is 1. The lowest BCUT2D eigenvalue weighted by molar-refractivity contribution is 0.102. The SMILES string of the molecule is CCN(CCn1c(C)cc(C(=O)CCl)c1C)C1CC1. The van der Waals surface area contributed by atoms with Crippen molar-refractivity contribution < 1.29 is 4.79 Å². The first kappa shape index (κ1) is 14.6. The molecule has 0 spiro atoms. The van der Waals surface area contributed by atoms with Crippen molar-refractivity contribution in [2.45, 2.75) is 46.2 Å². The van der Waals surface area contributed by atoms with Gasteiger partial charge in [0.2, 0.25) is 0 Å². The van der Waals surface area contributed by atoms with Gasteiger partial charge in [-0.25, -0.2) is 0 Å². The van der Waals surface area contributed by atoms with Crippen LogP contribution in [0.3, 0.4) is 0 Å².